The van der Waals surface area contributed by atoms with Crippen LogP contribution in [0.15, 0.2) is 0 Å². The lowest BCUT2D eigenvalue weighted by Crippen LogP contribution is -2.69. The topological polar surface area (TPSA) is 336 Å². The van der Waals surface area contributed by atoms with Crippen LogP contribution in [0.25, 0.3) is 0 Å². The van der Waals surface area contributed by atoms with Crippen molar-refractivity contribution in [3.8, 4) is 0 Å². The second-order valence-corrected chi connectivity index (χ2v) is 12.1. The zero-order valence-electron chi connectivity index (χ0n) is 24.0. The van der Waals surface area contributed by atoms with Crippen molar-refractivity contribution in [2.24, 2.45) is 28.7 Å². The molecule has 0 amide bonds. The molecule has 44 heavy (non-hydrogen) atoms. The highest BCUT2D eigenvalue weighted by molar-refractivity contribution is 5.03. The third-order valence-electron chi connectivity index (χ3n) is 9.15. The zero-order chi connectivity index (χ0) is 32.0. The molecule has 256 valence electrons. The largest absolute Gasteiger partial charge is 0.394 e. The van der Waals surface area contributed by atoms with Crippen molar-refractivity contribution in [2.75, 3.05) is 19.8 Å². The molecular formula is C25H47N5O14. The van der Waals surface area contributed by atoms with Crippen LogP contribution >= 0.6 is 0 Å². The molecule has 0 aromatic rings. The first-order chi connectivity index (χ1) is 20.9. The van der Waals surface area contributed by atoms with Gasteiger partial charge in [0.05, 0.1) is 30.9 Å². The van der Waals surface area contributed by atoms with E-state index in [-0.39, 0.29) is 26.0 Å². The lowest BCUT2D eigenvalue weighted by Gasteiger charge is -2.49. The number of nitrogens with two attached hydrogens (primary N) is 5. The van der Waals surface area contributed by atoms with Crippen molar-refractivity contribution >= 4 is 0 Å². The molecule has 5 aliphatic rings. The Morgan fingerprint density at radius 1 is 0.614 bits per heavy atom. The van der Waals surface area contributed by atoms with Gasteiger partial charge >= 0.3 is 0 Å². The summed E-state index contributed by atoms with van der Waals surface area (Å²) in [5.41, 5.74) is 30.3. The molecule has 1 aliphatic carbocycles. The number of ether oxygens (including phenoxy) is 7. The predicted molar refractivity (Wildman–Crippen MR) is 144 cm³/mol. The summed E-state index contributed by atoms with van der Waals surface area (Å²) in [6.07, 6.45) is -19.6. The van der Waals surface area contributed by atoms with Crippen molar-refractivity contribution in [3.05, 3.63) is 0 Å². The van der Waals surface area contributed by atoms with Crippen LogP contribution in [0.4, 0.5) is 0 Å². The lowest BCUT2D eigenvalue weighted by molar-refractivity contribution is -0.328. The molecule has 0 bridgehead atoms. The van der Waals surface area contributed by atoms with Crippen molar-refractivity contribution in [3.63, 3.8) is 0 Å². The monoisotopic (exact) mass is 641 g/mol. The van der Waals surface area contributed by atoms with Gasteiger partial charge in [-0.05, 0) is 12.8 Å². The van der Waals surface area contributed by atoms with E-state index in [9.17, 15) is 35.7 Å². The number of aliphatic hydroxyl groups is 7. The third kappa shape index (κ3) is 6.52. The Kier molecular flexibility index (Phi) is 11.1. The average Bonchev–Trinajstić information content (AvgIpc) is 3.30. The summed E-state index contributed by atoms with van der Waals surface area (Å²) in [6, 6.07) is -4.08. The van der Waals surface area contributed by atoms with E-state index >= 15 is 0 Å². The summed E-state index contributed by atoms with van der Waals surface area (Å²) in [4.78, 5) is 0. The van der Waals surface area contributed by atoms with Gasteiger partial charge in [-0.15, -0.1) is 0 Å². The quantitative estimate of drug-likeness (QED) is 0.117. The molecule has 8 unspecified atom stereocenters. The van der Waals surface area contributed by atoms with Gasteiger partial charge in [0, 0.05) is 25.2 Å². The minimum atomic E-state index is -1.60. The molecule has 0 aromatic carbocycles. The Morgan fingerprint density at radius 2 is 1.23 bits per heavy atom. The lowest BCUT2D eigenvalue weighted by atomic mass is 9.84. The van der Waals surface area contributed by atoms with Crippen molar-refractivity contribution in [1.29, 1.82) is 0 Å². The molecule has 20 atom stereocenters. The van der Waals surface area contributed by atoms with Gasteiger partial charge in [0.25, 0.3) is 0 Å². The van der Waals surface area contributed by atoms with Crippen LogP contribution in [0.5, 0.6) is 0 Å². The molecule has 4 heterocycles. The number of hydrogen-bond donors (Lipinski definition) is 12. The highest BCUT2D eigenvalue weighted by atomic mass is 16.8. The smallest absolute Gasteiger partial charge is 0.187 e. The maximum Gasteiger partial charge on any atom is 0.187 e. The standard InChI is InChI=1S/C25H47N5O14/c26-4-9-14(34)15(35)11(29)23(39-9)43-20-10(5-31)40-25(17(20)37)44-22-13(33)6(27)3-7(28)18(22)41-24-12(30)16(36)21-19(42-24)8(32)1-2-38-21/h6-25,31-37H,1-5,26-30H2/t6-,7?,8?,9?,10-,11?,12?,13?,14-,15+,16-,17?,18-,19?,20+,21+,22-,23-,24+,25+/m1/s1. The van der Waals surface area contributed by atoms with Crippen molar-refractivity contribution in [1.82, 2.24) is 0 Å². The number of aliphatic hydroxyl groups excluding tert-OH is 7. The van der Waals surface area contributed by atoms with Gasteiger partial charge in [-0.2, -0.15) is 0 Å². The van der Waals surface area contributed by atoms with Crippen LogP contribution in [0.2, 0.25) is 0 Å². The molecule has 19 nitrogen and oxygen atoms in total. The molecule has 17 N–H and O–H groups in total. The maximum absolute atomic E-state index is 11.2. The van der Waals surface area contributed by atoms with Gasteiger partial charge in [0.2, 0.25) is 0 Å². The van der Waals surface area contributed by atoms with Gasteiger partial charge in [0.1, 0.15) is 67.1 Å². The van der Waals surface area contributed by atoms with E-state index in [0.717, 1.165) is 0 Å². The van der Waals surface area contributed by atoms with Gasteiger partial charge in [-0.25, -0.2) is 0 Å². The summed E-state index contributed by atoms with van der Waals surface area (Å²) in [6.45, 7) is -0.590. The first-order valence-electron chi connectivity index (χ1n) is 14.8. The molecule has 5 rings (SSSR count). The second kappa shape index (κ2) is 14.2. The van der Waals surface area contributed by atoms with E-state index in [0.29, 0.717) is 0 Å². The Bertz CT molecular complexity index is 946. The Hall–Kier alpha value is -0.760. The number of fused-ring (bicyclic) bond motifs is 1. The van der Waals surface area contributed by atoms with Crippen molar-refractivity contribution in [2.45, 2.75) is 135 Å². The highest BCUT2D eigenvalue weighted by Gasteiger charge is 2.55. The van der Waals surface area contributed by atoms with Crippen LogP contribution in [0.3, 0.4) is 0 Å². The van der Waals surface area contributed by atoms with E-state index in [2.05, 4.69) is 0 Å². The molecule has 5 fully saturated rings. The summed E-state index contributed by atoms with van der Waals surface area (Å²) in [5.74, 6) is 0. The fraction of sp³-hybridized carbons (Fsp3) is 1.00. The molecule has 4 saturated heterocycles. The molecule has 0 spiro atoms. The van der Waals surface area contributed by atoms with E-state index in [1.54, 1.807) is 0 Å². The minimum absolute atomic E-state index is 0.0977. The van der Waals surface area contributed by atoms with Gasteiger partial charge in [-0.3, -0.25) is 0 Å². The van der Waals surface area contributed by atoms with Crippen LogP contribution in [-0.4, -0.2) is 178 Å². The summed E-state index contributed by atoms with van der Waals surface area (Å²) in [7, 11) is 0. The molecule has 19 heteroatoms. The fourth-order valence-electron chi connectivity index (χ4n) is 6.49. The summed E-state index contributed by atoms with van der Waals surface area (Å²) >= 11 is 0. The Labute approximate surface area is 253 Å². The normalized spacial score (nSPS) is 55.1. The van der Waals surface area contributed by atoms with Crippen molar-refractivity contribution < 1.29 is 68.9 Å². The molecular weight excluding hydrogens is 594 g/mol. The van der Waals surface area contributed by atoms with Gasteiger partial charge in [0.15, 0.2) is 18.9 Å². The van der Waals surface area contributed by atoms with Crippen LogP contribution in [-0.2, 0) is 33.2 Å². The maximum atomic E-state index is 11.2. The van der Waals surface area contributed by atoms with Crippen LogP contribution < -0.4 is 28.7 Å². The van der Waals surface area contributed by atoms with E-state index in [4.69, 9.17) is 61.8 Å². The van der Waals surface area contributed by atoms with Crippen LogP contribution in [0.1, 0.15) is 12.8 Å². The minimum Gasteiger partial charge on any atom is -0.394 e. The number of hydrogen-bond acceptors (Lipinski definition) is 19. The molecule has 0 radical (unpaired) electrons. The average molecular weight is 642 g/mol. The van der Waals surface area contributed by atoms with E-state index in [1.807, 2.05) is 0 Å². The van der Waals surface area contributed by atoms with Crippen LogP contribution in [0, 0.1) is 0 Å². The summed E-state index contributed by atoms with van der Waals surface area (Å²) in [5, 5.41) is 73.9. The van der Waals surface area contributed by atoms with E-state index in [1.165, 1.54) is 0 Å². The number of rotatable bonds is 8. The summed E-state index contributed by atoms with van der Waals surface area (Å²) < 4.78 is 40.7. The van der Waals surface area contributed by atoms with E-state index < -0.39 is 129 Å². The molecule has 1 saturated carbocycles. The first-order valence-corrected chi connectivity index (χ1v) is 14.8. The second-order valence-electron chi connectivity index (χ2n) is 12.1. The zero-order valence-corrected chi connectivity index (χ0v) is 24.0. The SMILES string of the molecule is NCC1O[C@H](O[C@@H]2C(O)[C@H](O[C@@H]3C(O)[C@H](N)CC(N)[C@H]3O[C@H]3OC4C(O)CCO[C@H]4[C@H](O)C3N)O[C@@H]2CO)C(N)[C@H](O)[C@@H]1O. The van der Waals surface area contributed by atoms with Gasteiger partial charge < -0.3 is 97.6 Å². The molecule has 4 aliphatic heterocycles. The predicted octanol–water partition coefficient (Wildman–Crippen LogP) is -8.07. The van der Waals surface area contributed by atoms with Gasteiger partial charge in [-0.1, -0.05) is 0 Å². The highest BCUT2D eigenvalue weighted by Crippen LogP contribution is 2.35. The third-order valence-corrected chi connectivity index (χ3v) is 9.15. The molecule has 0 aromatic heterocycles. The Morgan fingerprint density at radius 3 is 1.91 bits per heavy atom. The first kappa shape index (κ1) is 34.6. The fourth-order valence-corrected chi connectivity index (χ4v) is 6.49. The Balaban J connectivity index is 1.30.